The van der Waals surface area contributed by atoms with Crippen LogP contribution >= 0.6 is 11.8 Å². The predicted octanol–water partition coefficient (Wildman–Crippen LogP) is 3.37. The van der Waals surface area contributed by atoms with Gasteiger partial charge in [0.15, 0.2) is 0 Å². The maximum atomic E-state index is 3.43. The van der Waals surface area contributed by atoms with Crippen molar-refractivity contribution < 1.29 is 0 Å². The molecule has 0 radical (unpaired) electrons. The number of rotatable bonds is 9. The van der Waals surface area contributed by atoms with Gasteiger partial charge in [0.2, 0.25) is 0 Å². The summed E-state index contributed by atoms with van der Waals surface area (Å²) < 4.78 is 0. The average molecular weight is 280 g/mol. The van der Waals surface area contributed by atoms with Crippen LogP contribution in [0.4, 0.5) is 0 Å². The van der Waals surface area contributed by atoms with Gasteiger partial charge in [0, 0.05) is 24.9 Å². The molecule has 1 rings (SSSR count). The van der Waals surface area contributed by atoms with Gasteiger partial charge in [0.25, 0.3) is 0 Å². The van der Waals surface area contributed by atoms with Crippen molar-refractivity contribution in [1.82, 2.24) is 10.2 Å². The topological polar surface area (TPSA) is 15.3 Å². The molecular formula is C16H28N2S. The largest absolute Gasteiger partial charge is 0.313 e. The number of thioether (sulfide) groups is 1. The van der Waals surface area contributed by atoms with Gasteiger partial charge < -0.3 is 5.32 Å². The Kier molecular flexibility index (Phi) is 8.19. The minimum atomic E-state index is 0.626. The zero-order valence-electron chi connectivity index (χ0n) is 12.8. The highest BCUT2D eigenvalue weighted by Gasteiger charge is 2.08. The van der Waals surface area contributed by atoms with E-state index in [-0.39, 0.29) is 0 Å². The Bertz CT molecular complexity index is 337. The van der Waals surface area contributed by atoms with E-state index in [1.165, 1.54) is 23.3 Å². The Morgan fingerprint density at radius 1 is 1.21 bits per heavy atom. The lowest BCUT2D eigenvalue weighted by atomic mass is 10.1. The van der Waals surface area contributed by atoms with Gasteiger partial charge in [0.1, 0.15) is 0 Å². The molecule has 0 bridgehead atoms. The van der Waals surface area contributed by atoms with Crippen LogP contribution in [0.3, 0.4) is 0 Å². The predicted molar refractivity (Wildman–Crippen MR) is 87.8 cm³/mol. The first kappa shape index (κ1) is 16.5. The summed E-state index contributed by atoms with van der Waals surface area (Å²) in [6, 6.07) is 9.62. The summed E-state index contributed by atoms with van der Waals surface area (Å²) in [5.41, 5.74) is 2.77. The molecule has 0 heterocycles. The third-order valence-corrected chi connectivity index (χ3v) is 4.19. The molecule has 0 aliphatic rings. The van der Waals surface area contributed by atoms with Gasteiger partial charge in [-0.3, -0.25) is 4.90 Å². The van der Waals surface area contributed by atoms with Crippen LogP contribution in [0.25, 0.3) is 0 Å². The summed E-state index contributed by atoms with van der Waals surface area (Å²) in [6.45, 7) is 7.59. The van der Waals surface area contributed by atoms with Crippen molar-refractivity contribution in [1.29, 1.82) is 0 Å². The molecule has 19 heavy (non-hydrogen) atoms. The minimum absolute atomic E-state index is 0.626. The first-order valence-electron chi connectivity index (χ1n) is 7.15. The molecule has 1 atom stereocenters. The molecule has 3 heteroatoms. The van der Waals surface area contributed by atoms with E-state index in [4.69, 9.17) is 0 Å². The lowest BCUT2D eigenvalue weighted by Crippen LogP contribution is -2.30. The lowest BCUT2D eigenvalue weighted by molar-refractivity contribution is 0.270. The monoisotopic (exact) mass is 280 g/mol. The highest BCUT2D eigenvalue weighted by Crippen LogP contribution is 2.10. The Hall–Kier alpha value is -0.510. The lowest BCUT2D eigenvalue weighted by Gasteiger charge is -2.24. The van der Waals surface area contributed by atoms with Crippen molar-refractivity contribution >= 4 is 11.8 Å². The normalized spacial score (nSPS) is 12.9. The van der Waals surface area contributed by atoms with Crippen LogP contribution in [0.15, 0.2) is 24.3 Å². The van der Waals surface area contributed by atoms with Crippen LogP contribution in [0.1, 0.15) is 31.4 Å². The van der Waals surface area contributed by atoms with Crippen molar-refractivity contribution in [3.05, 3.63) is 35.4 Å². The van der Waals surface area contributed by atoms with Crippen LogP contribution in [-0.4, -0.2) is 36.5 Å². The van der Waals surface area contributed by atoms with Gasteiger partial charge in [-0.15, -0.1) is 0 Å². The van der Waals surface area contributed by atoms with E-state index >= 15 is 0 Å². The van der Waals surface area contributed by atoms with Gasteiger partial charge in [-0.2, -0.15) is 11.8 Å². The molecule has 0 amide bonds. The fourth-order valence-corrected chi connectivity index (χ4v) is 2.72. The first-order valence-corrected chi connectivity index (χ1v) is 8.54. The minimum Gasteiger partial charge on any atom is -0.313 e. The summed E-state index contributed by atoms with van der Waals surface area (Å²) in [7, 11) is 2.21. The maximum Gasteiger partial charge on any atom is 0.0233 e. The molecule has 1 N–H and O–H groups in total. The first-order chi connectivity index (χ1) is 9.17. The average Bonchev–Trinajstić information content (AvgIpc) is 2.41. The van der Waals surface area contributed by atoms with Gasteiger partial charge in [0.05, 0.1) is 0 Å². The van der Waals surface area contributed by atoms with Gasteiger partial charge in [-0.1, -0.05) is 31.2 Å². The standard InChI is InChI=1S/C16H28N2S/c1-5-10-17-11-15-6-8-16(9-7-15)12-18(3)14(2)13-19-4/h6-9,14,17H,5,10-13H2,1-4H3. The van der Waals surface area contributed by atoms with Crippen LogP contribution in [-0.2, 0) is 13.1 Å². The highest BCUT2D eigenvalue weighted by atomic mass is 32.2. The molecule has 1 aromatic rings. The second-order valence-electron chi connectivity index (χ2n) is 5.21. The van der Waals surface area contributed by atoms with Crippen molar-refractivity contribution in [2.24, 2.45) is 0 Å². The summed E-state index contributed by atoms with van der Waals surface area (Å²) in [5.74, 6) is 1.19. The van der Waals surface area contributed by atoms with Crippen molar-refractivity contribution in [3.63, 3.8) is 0 Å². The quantitative estimate of drug-likeness (QED) is 0.698. The van der Waals surface area contributed by atoms with Crippen molar-refractivity contribution in [2.75, 3.05) is 25.6 Å². The molecule has 0 saturated heterocycles. The summed E-state index contributed by atoms with van der Waals surface area (Å²) in [5, 5.41) is 3.43. The number of benzene rings is 1. The number of nitrogens with zero attached hydrogens (tertiary/aromatic N) is 1. The summed E-state index contributed by atoms with van der Waals surface area (Å²) >= 11 is 1.91. The third kappa shape index (κ3) is 6.46. The van der Waals surface area contributed by atoms with Gasteiger partial charge in [-0.05, 0) is 44.3 Å². The molecular weight excluding hydrogens is 252 g/mol. The fraction of sp³-hybridized carbons (Fsp3) is 0.625. The van der Waals surface area contributed by atoms with Crippen LogP contribution in [0.5, 0.6) is 0 Å². The number of hydrogen-bond acceptors (Lipinski definition) is 3. The molecule has 0 spiro atoms. The Labute approximate surface area is 123 Å². The second kappa shape index (κ2) is 9.40. The number of nitrogens with one attached hydrogen (secondary N) is 1. The molecule has 2 nitrogen and oxygen atoms in total. The second-order valence-corrected chi connectivity index (χ2v) is 6.12. The van der Waals surface area contributed by atoms with Gasteiger partial charge >= 0.3 is 0 Å². The van der Waals surface area contributed by atoms with E-state index in [1.807, 2.05) is 11.8 Å². The zero-order valence-corrected chi connectivity index (χ0v) is 13.6. The molecule has 0 fully saturated rings. The Morgan fingerprint density at radius 2 is 1.84 bits per heavy atom. The summed E-state index contributed by atoms with van der Waals surface area (Å²) in [4.78, 5) is 2.42. The van der Waals surface area contributed by atoms with E-state index in [2.05, 4.69) is 61.6 Å². The molecule has 1 unspecified atom stereocenters. The molecule has 0 saturated carbocycles. The van der Waals surface area contributed by atoms with Crippen LogP contribution < -0.4 is 5.32 Å². The molecule has 0 aromatic heterocycles. The number of hydrogen-bond donors (Lipinski definition) is 1. The van der Waals surface area contributed by atoms with E-state index in [9.17, 15) is 0 Å². The molecule has 0 aliphatic heterocycles. The Balaban J connectivity index is 2.43. The van der Waals surface area contributed by atoms with E-state index in [1.54, 1.807) is 0 Å². The van der Waals surface area contributed by atoms with Gasteiger partial charge in [-0.25, -0.2) is 0 Å². The molecule has 1 aromatic carbocycles. The molecule has 0 aliphatic carbocycles. The SMILES string of the molecule is CCCNCc1ccc(CN(C)C(C)CSC)cc1. The fourth-order valence-electron chi connectivity index (χ4n) is 1.98. The smallest absolute Gasteiger partial charge is 0.0233 e. The zero-order chi connectivity index (χ0) is 14.1. The molecule has 108 valence electrons. The highest BCUT2D eigenvalue weighted by molar-refractivity contribution is 7.98. The Morgan fingerprint density at radius 3 is 2.42 bits per heavy atom. The van der Waals surface area contributed by atoms with Crippen LogP contribution in [0.2, 0.25) is 0 Å². The van der Waals surface area contributed by atoms with Crippen LogP contribution in [0, 0.1) is 0 Å². The van der Waals surface area contributed by atoms with E-state index in [0.717, 1.165) is 19.6 Å². The van der Waals surface area contributed by atoms with E-state index < -0.39 is 0 Å². The third-order valence-electron chi connectivity index (χ3n) is 3.37. The van der Waals surface area contributed by atoms with Crippen molar-refractivity contribution in [2.45, 2.75) is 39.4 Å². The van der Waals surface area contributed by atoms with Crippen molar-refractivity contribution in [3.8, 4) is 0 Å². The maximum absolute atomic E-state index is 3.43. The van der Waals surface area contributed by atoms with E-state index in [0.29, 0.717) is 6.04 Å². The summed E-state index contributed by atoms with van der Waals surface area (Å²) in [6.07, 6.45) is 3.36.